The van der Waals surface area contributed by atoms with Crippen LogP contribution in [0.5, 0.6) is 11.5 Å². The van der Waals surface area contributed by atoms with E-state index < -0.39 is 17.7 Å². The summed E-state index contributed by atoms with van der Waals surface area (Å²) in [6.45, 7) is 5.97. The number of benzene rings is 3. The van der Waals surface area contributed by atoms with Crippen molar-refractivity contribution < 1.29 is 24.5 Å². The van der Waals surface area contributed by atoms with Gasteiger partial charge in [-0.05, 0) is 74.4 Å². The maximum Gasteiger partial charge on any atom is 0.295 e. The lowest BCUT2D eigenvalue weighted by molar-refractivity contribution is -0.140. The first-order chi connectivity index (χ1) is 16.9. The molecule has 1 aliphatic rings. The third kappa shape index (κ3) is 5.35. The monoisotopic (exact) mass is 525 g/mol. The zero-order chi connectivity index (χ0) is 26.2. The molecule has 4 rings (SSSR count). The molecule has 0 saturated carbocycles. The lowest BCUT2D eigenvalue weighted by Gasteiger charge is -2.26. The standard InChI is InChI=1S/C28H25Cl2NO5/c1-28(2,3)36-20-11-4-16(5-12-20)15-31-24(17-6-9-19(32)10-7-17)23(26(34)27(31)35)25(33)18-8-13-21(29)22(30)14-18/h4-14,24,32-33H,15H2,1-3H3/b25-23-. The van der Waals surface area contributed by atoms with Crippen LogP contribution >= 0.6 is 23.2 Å². The first kappa shape index (κ1) is 25.6. The van der Waals surface area contributed by atoms with E-state index in [-0.39, 0.29) is 39.8 Å². The Morgan fingerprint density at radius 2 is 1.58 bits per heavy atom. The normalized spacial score (nSPS) is 17.5. The van der Waals surface area contributed by atoms with Gasteiger partial charge in [-0.25, -0.2) is 0 Å². The summed E-state index contributed by atoms with van der Waals surface area (Å²) in [4.78, 5) is 27.8. The molecule has 0 aliphatic carbocycles. The highest BCUT2D eigenvalue weighted by atomic mass is 35.5. The van der Waals surface area contributed by atoms with Crippen LogP contribution in [-0.4, -0.2) is 32.4 Å². The third-order valence-corrected chi connectivity index (χ3v) is 6.38. The number of ketones is 1. The maximum absolute atomic E-state index is 13.2. The van der Waals surface area contributed by atoms with Crippen LogP contribution in [-0.2, 0) is 16.1 Å². The maximum atomic E-state index is 13.2. The number of aliphatic hydroxyl groups is 1. The summed E-state index contributed by atoms with van der Waals surface area (Å²) in [6, 6.07) is 17.0. The molecule has 1 saturated heterocycles. The highest BCUT2D eigenvalue weighted by Crippen LogP contribution is 2.41. The van der Waals surface area contributed by atoms with Gasteiger partial charge in [0.2, 0.25) is 0 Å². The number of rotatable bonds is 5. The summed E-state index contributed by atoms with van der Waals surface area (Å²) in [6.07, 6.45) is 0. The van der Waals surface area contributed by atoms with E-state index in [1.807, 2.05) is 45.0 Å². The van der Waals surface area contributed by atoms with E-state index in [1.165, 1.54) is 35.2 Å². The SMILES string of the molecule is CC(C)(C)Oc1ccc(CN2C(=O)C(=O)/C(=C(\O)c3ccc(Cl)c(Cl)c3)C2c2ccc(O)cc2)cc1. The Balaban J connectivity index is 1.77. The Hall–Kier alpha value is -3.48. The number of nitrogens with zero attached hydrogens (tertiary/aromatic N) is 1. The fraction of sp³-hybridized carbons (Fsp3) is 0.214. The molecule has 2 N–H and O–H groups in total. The summed E-state index contributed by atoms with van der Waals surface area (Å²) in [5.74, 6) is -1.20. The number of carbonyl (C=O) groups excluding carboxylic acids is 2. The van der Waals surface area contributed by atoms with Gasteiger partial charge < -0.3 is 19.8 Å². The van der Waals surface area contributed by atoms with E-state index in [0.717, 1.165) is 5.56 Å². The van der Waals surface area contributed by atoms with Gasteiger partial charge >= 0.3 is 0 Å². The topological polar surface area (TPSA) is 87.1 Å². The predicted octanol–water partition coefficient (Wildman–Crippen LogP) is 6.50. The number of ether oxygens (including phenoxy) is 1. The Kier molecular flexibility index (Phi) is 7.03. The van der Waals surface area contributed by atoms with Crippen molar-refractivity contribution in [3.05, 3.63) is 99.0 Å². The van der Waals surface area contributed by atoms with E-state index in [4.69, 9.17) is 27.9 Å². The molecule has 3 aromatic carbocycles. The Labute approximate surface area is 219 Å². The summed E-state index contributed by atoms with van der Waals surface area (Å²) < 4.78 is 5.86. The molecule has 0 aromatic heterocycles. The minimum absolute atomic E-state index is 0.0367. The Morgan fingerprint density at radius 1 is 0.944 bits per heavy atom. The molecule has 1 amide bonds. The van der Waals surface area contributed by atoms with Crippen LogP contribution in [0.4, 0.5) is 0 Å². The van der Waals surface area contributed by atoms with Gasteiger partial charge in [0.1, 0.15) is 22.9 Å². The van der Waals surface area contributed by atoms with Crippen molar-refractivity contribution in [2.45, 2.75) is 39.0 Å². The highest BCUT2D eigenvalue weighted by Gasteiger charge is 2.46. The summed E-state index contributed by atoms with van der Waals surface area (Å²) in [7, 11) is 0. The molecule has 0 bridgehead atoms. The van der Waals surface area contributed by atoms with Gasteiger partial charge in [-0.2, -0.15) is 0 Å². The molecule has 3 aromatic rings. The number of phenols is 1. The number of hydrogen-bond acceptors (Lipinski definition) is 5. The number of carbonyl (C=O) groups is 2. The number of halogens is 2. The van der Waals surface area contributed by atoms with Crippen LogP contribution in [0.1, 0.15) is 43.5 Å². The second-order valence-electron chi connectivity index (χ2n) is 9.51. The molecule has 1 heterocycles. The van der Waals surface area contributed by atoms with Crippen LogP contribution in [0.3, 0.4) is 0 Å². The number of aliphatic hydroxyl groups excluding tert-OH is 1. The molecule has 1 atom stereocenters. The predicted molar refractivity (Wildman–Crippen MR) is 139 cm³/mol. The number of phenolic OH excluding ortho intramolecular Hbond substituents is 1. The van der Waals surface area contributed by atoms with E-state index in [2.05, 4.69) is 0 Å². The number of aromatic hydroxyl groups is 1. The smallest absolute Gasteiger partial charge is 0.295 e. The number of likely N-dealkylation sites (tertiary alicyclic amines) is 1. The van der Waals surface area contributed by atoms with Gasteiger partial charge in [-0.3, -0.25) is 9.59 Å². The van der Waals surface area contributed by atoms with Crippen molar-refractivity contribution in [1.82, 2.24) is 4.90 Å². The zero-order valence-corrected chi connectivity index (χ0v) is 21.5. The van der Waals surface area contributed by atoms with E-state index in [9.17, 15) is 19.8 Å². The molecular formula is C28H25Cl2NO5. The molecule has 1 fully saturated rings. The van der Waals surface area contributed by atoms with Gasteiger partial charge in [-0.15, -0.1) is 0 Å². The number of amides is 1. The second-order valence-corrected chi connectivity index (χ2v) is 10.3. The highest BCUT2D eigenvalue weighted by molar-refractivity contribution is 6.46. The van der Waals surface area contributed by atoms with Crippen molar-refractivity contribution in [2.24, 2.45) is 0 Å². The first-order valence-electron chi connectivity index (χ1n) is 11.3. The number of hydrogen-bond donors (Lipinski definition) is 2. The summed E-state index contributed by atoms with van der Waals surface area (Å²) in [5.41, 5.74) is 1.16. The molecule has 36 heavy (non-hydrogen) atoms. The van der Waals surface area contributed by atoms with Gasteiger partial charge in [-0.1, -0.05) is 47.5 Å². The van der Waals surface area contributed by atoms with Gasteiger partial charge in [0, 0.05) is 12.1 Å². The van der Waals surface area contributed by atoms with E-state index in [1.54, 1.807) is 12.1 Å². The molecule has 186 valence electrons. The number of Topliss-reactive ketones (excluding diaryl/α,β-unsaturated/α-hetero) is 1. The molecule has 8 heteroatoms. The van der Waals surface area contributed by atoms with Crippen LogP contribution in [0, 0.1) is 0 Å². The van der Waals surface area contributed by atoms with Crippen molar-refractivity contribution in [1.29, 1.82) is 0 Å². The zero-order valence-electron chi connectivity index (χ0n) is 20.0. The van der Waals surface area contributed by atoms with Crippen LogP contribution < -0.4 is 4.74 Å². The average molecular weight is 526 g/mol. The van der Waals surface area contributed by atoms with E-state index in [0.29, 0.717) is 16.3 Å². The lowest BCUT2D eigenvalue weighted by atomic mass is 9.95. The van der Waals surface area contributed by atoms with Crippen LogP contribution in [0.25, 0.3) is 5.76 Å². The minimum Gasteiger partial charge on any atom is -0.508 e. The van der Waals surface area contributed by atoms with E-state index >= 15 is 0 Å². The lowest BCUT2D eigenvalue weighted by Crippen LogP contribution is -2.29. The van der Waals surface area contributed by atoms with Gasteiger partial charge in [0.15, 0.2) is 0 Å². The third-order valence-electron chi connectivity index (χ3n) is 5.64. The van der Waals surface area contributed by atoms with Crippen molar-refractivity contribution in [3.63, 3.8) is 0 Å². The first-order valence-corrected chi connectivity index (χ1v) is 12.0. The molecule has 1 aliphatic heterocycles. The Bertz CT molecular complexity index is 1340. The second kappa shape index (κ2) is 9.88. The van der Waals surface area contributed by atoms with Gasteiger partial charge in [0.05, 0.1) is 21.7 Å². The molecule has 1 unspecified atom stereocenters. The summed E-state index contributed by atoms with van der Waals surface area (Å²) >= 11 is 12.1. The van der Waals surface area contributed by atoms with Gasteiger partial charge in [0.25, 0.3) is 11.7 Å². The van der Waals surface area contributed by atoms with Crippen molar-refractivity contribution >= 4 is 40.7 Å². The Morgan fingerprint density at radius 3 is 2.17 bits per heavy atom. The quantitative estimate of drug-likeness (QED) is 0.225. The molecule has 0 radical (unpaired) electrons. The summed E-state index contributed by atoms with van der Waals surface area (Å²) in [5, 5.41) is 21.4. The van der Waals surface area contributed by atoms with Crippen molar-refractivity contribution in [2.75, 3.05) is 0 Å². The average Bonchev–Trinajstić information content (AvgIpc) is 3.06. The van der Waals surface area contributed by atoms with Crippen LogP contribution in [0.2, 0.25) is 10.0 Å². The molecular weight excluding hydrogens is 501 g/mol. The molecule has 6 nitrogen and oxygen atoms in total. The van der Waals surface area contributed by atoms with Crippen LogP contribution in [0.15, 0.2) is 72.3 Å². The fourth-order valence-electron chi connectivity index (χ4n) is 4.06. The molecule has 0 spiro atoms. The minimum atomic E-state index is -0.884. The largest absolute Gasteiger partial charge is 0.508 e. The fourth-order valence-corrected chi connectivity index (χ4v) is 4.36. The van der Waals surface area contributed by atoms with Crippen molar-refractivity contribution in [3.8, 4) is 11.5 Å².